The number of likely N-dealkylation sites (tertiary alicyclic amines) is 1. The second-order valence-electron chi connectivity index (χ2n) is 4.29. The van der Waals surface area contributed by atoms with E-state index in [2.05, 4.69) is 38.6 Å². The van der Waals surface area contributed by atoms with Crippen LogP contribution >= 0.6 is 0 Å². The van der Waals surface area contributed by atoms with Crippen LogP contribution in [0.3, 0.4) is 0 Å². The Labute approximate surface area is 69.8 Å². The highest BCUT2D eigenvalue weighted by atomic mass is 15.2. The van der Waals surface area contributed by atoms with Crippen LogP contribution in [0.2, 0.25) is 0 Å². The average Bonchev–Trinajstić information content (AvgIpc) is 2.16. The maximum atomic E-state index is 5.49. The van der Waals surface area contributed by atoms with Gasteiger partial charge < -0.3 is 0 Å². The molecule has 1 heteroatoms. The van der Waals surface area contributed by atoms with Gasteiger partial charge in [-0.3, -0.25) is 4.90 Å². The molecule has 0 aliphatic carbocycles. The van der Waals surface area contributed by atoms with Crippen LogP contribution in [-0.2, 0) is 0 Å². The van der Waals surface area contributed by atoms with Gasteiger partial charge in [0.25, 0.3) is 0 Å². The molecule has 0 spiro atoms. The maximum absolute atomic E-state index is 5.49. The molecule has 62 valence electrons. The van der Waals surface area contributed by atoms with E-state index in [0.29, 0.717) is 0 Å². The van der Waals surface area contributed by atoms with Crippen molar-refractivity contribution in [1.29, 1.82) is 0 Å². The molecule has 0 radical (unpaired) electrons. The molecule has 1 heterocycles. The van der Waals surface area contributed by atoms with Crippen LogP contribution in [-0.4, -0.2) is 23.0 Å². The van der Waals surface area contributed by atoms with E-state index in [9.17, 15) is 0 Å². The Morgan fingerprint density at radius 1 is 1.27 bits per heavy atom. The van der Waals surface area contributed by atoms with Crippen LogP contribution in [0.4, 0.5) is 0 Å². The SMILES string of the molecule is C#C[C@@]1(C)CCC(C)(C)N1C. The summed E-state index contributed by atoms with van der Waals surface area (Å²) in [5.74, 6) is 2.87. The van der Waals surface area contributed by atoms with E-state index in [-0.39, 0.29) is 11.1 Å². The van der Waals surface area contributed by atoms with Crippen molar-refractivity contribution in [2.75, 3.05) is 7.05 Å². The predicted molar refractivity (Wildman–Crippen MR) is 48.3 cm³/mol. The second-order valence-corrected chi connectivity index (χ2v) is 4.29. The van der Waals surface area contributed by atoms with Gasteiger partial charge in [0.2, 0.25) is 0 Å². The molecule has 1 fully saturated rings. The summed E-state index contributed by atoms with van der Waals surface area (Å²) < 4.78 is 0. The molecule has 1 saturated heterocycles. The minimum Gasteiger partial charge on any atom is -0.285 e. The molecule has 0 unspecified atom stereocenters. The molecule has 1 rings (SSSR count). The Kier molecular flexibility index (Phi) is 1.76. The van der Waals surface area contributed by atoms with Gasteiger partial charge in [0.15, 0.2) is 0 Å². The van der Waals surface area contributed by atoms with E-state index in [1.807, 2.05) is 0 Å². The molecule has 0 aromatic carbocycles. The fourth-order valence-corrected chi connectivity index (χ4v) is 1.72. The number of nitrogens with zero attached hydrogens (tertiary/aromatic N) is 1. The van der Waals surface area contributed by atoms with Gasteiger partial charge >= 0.3 is 0 Å². The number of hydrogen-bond acceptors (Lipinski definition) is 1. The van der Waals surface area contributed by atoms with Crippen molar-refractivity contribution in [1.82, 2.24) is 4.90 Å². The summed E-state index contributed by atoms with van der Waals surface area (Å²) in [6.45, 7) is 6.63. The first-order chi connectivity index (χ1) is 4.92. The molecule has 1 aliphatic rings. The largest absolute Gasteiger partial charge is 0.285 e. The fourth-order valence-electron chi connectivity index (χ4n) is 1.72. The Morgan fingerprint density at radius 2 is 1.82 bits per heavy atom. The van der Waals surface area contributed by atoms with Gasteiger partial charge in [-0.25, -0.2) is 0 Å². The van der Waals surface area contributed by atoms with Gasteiger partial charge in [-0.1, -0.05) is 5.92 Å². The first-order valence-electron chi connectivity index (χ1n) is 4.14. The zero-order valence-electron chi connectivity index (χ0n) is 7.94. The molecular formula is C10H17N. The van der Waals surface area contributed by atoms with Gasteiger partial charge in [-0.2, -0.15) is 0 Å². The summed E-state index contributed by atoms with van der Waals surface area (Å²) in [6, 6.07) is 0. The third-order valence-electron chi connectivity index (χ3n) is 3.18. The molecule has 0 N–H and O–H groups in total. The summed E-state index contributed by atoms with van der Waals surface area (Å²) in [4.78, 5) is 2.31. The third kappa shape index (κ3) is 1.16. The Balaban J connectivity index is 2.89. The topological polar surface area (TPSA) is 3.24 Å². The van der Waals surface area contributed by atoms with Crippen LogP contribution in [0.1, 0.15) is 33.6 Å². The molecule has 1 nitrogen and oxygen atoms in total. The van der Waals surface area contributed by atoms with Crippen LogP contribution < -0.4 is 0 Å². The van der Waals surface area contributed by atoms with Crippen molar-refractivity contribution in [3.8, 4) is 12.3 Å². The summed E-state index contributed by atoms with van der Waals surface area (Å²) in [7, 11) is 2.12. The number of rotatable bonds is 0. The highest BCUT2D eigenvalue weighted by Gasteiger charge is 2.43. The summed E-state index contributed by atoms with van der Waals surface area (Å²) in [6.07, 6.45) is 7.80. The van der Waals surface area contributed by atoms with Gasteiger partial charge in [-0.05, 0) is 40.7 Å². The van der Waals surface area contributed by atoms with E-state index in [1.165, 1.54) is 6.42 Å². The lowest BCUT2D eigenvalue weighted by Gasteiger charge is -2.35. The second kappa shape index (κ2) is 2.25. The molecule has 0 aromatic heterocycles. The lowest BCUT2D eigenvalue weighted by atomic mass is 10.0. The van der Waals surface area contributed by atoms with E-state index >= 15 is 0 Å². The normalized spacial score (nSPS) is 37.0. The first kappa shape index (κ1) is 8.62. The monoisotopic (exact) mass is 151 g/mol. The minimum absolute atomic E-state index is 0.0104. The quantitative estimate of drug-likeness (QED) is 0.478. The lowest BCUT2D eigenvalue weighted by molar-refractivity contribution is 0.141. The first-order valence-corrected chi connectivity index (χ1v) is 4.14. The highest BCUT2D eigenvalue weighted by Crippen LogP contribution is 2.38. The summed E-state index contributed by atoms with van der Waals surface area (Å²) in [5, 5.41) is 0. The van der Waals surface area contributed by atoms with Crippen molar-refractivity contribution in [2.45, 2.75) is 44.7 Å². The van der Waals surface area contributed by atoms with Crippen LogP contribution in [0, 0.1) is 12.3 Å². The standard InChI is InChI=1S/C10H17N/c1-6-10(4)8-7-9(2,3)11(10)5/h1H,7-8H2,2-5H3/t10-/m0/s1. The smallest absolute Gasteiger partial charge is 0.0797 e. The molecular weight excluding hydrogens is 134 g/mol. The zero-order chi connectivity index (χ0) is 8.70. The molecule has 11 heavy (non-hydrogen) atoms. The molecule has 1 atom stereocenters. The molecule has 1 aliphatic heterocycles. The molecule has 0 aromatic rings. The Bertz CT molecular complexity index is 199. The average molecular weight is 151 g/mol. The van der Waals surface area contributed by atoms with E-state index in [1.54, 1.807) is 0 Å². The Hall–Kier alpha value is -0.480. The van der Waals surface area contributed by atoms with Crippen molar-refractivity contribution < 1.29 is 0 Å². The van der Waals surface area contributed by atoms with E-state index in [4.69, 9.17) is 6.42 Å². The molecule has 0 amide bonds. The fraction of sp³-hybridized carbons (Fsp3) is 0.800. The van der Waals surface area contributed by atoms with Gasteiger partial charge in [-0.15, -0.1) is 6.42 Å². The van der Waals surface area contributed by atoms with Crippen molar-refractivity contribution >= 4 is 0 Å². The van der Waals surface area contributed by atoms with Crippen molar-refractivity contribution in [3.63, 3.8) is 0 Å². The van der Waals surface area contributed by atoms with Gasteiger partial charge in [0.1, 0.15) is 0 Å². The van der Waals surface area contributed by atoms with Crippen molar-refractivity contribution in [2.24, 2.45) is 0 Å². The van der Waals surface area contributed by atoms with E-state index < -0.39 is 0 Å². The molecule has 0 bridgehead atoms. The minimum atomic E-state index is -0.0104. The third-order valence-corrected chi connectivity index (χ3v) is 3.18. The zero-order valence-corrected chi connectivity index (χ0v) is 7.94. The molecule has 0 saturated carbocycles. The van der Waals surface area contributed by atoms with Crippen LogP contribution in [0.15, 0.2) is 0 Å². The van der Waals surface area contributed by atoms with Gasteiger partial charge in [0, 0.05) is 5.54 Å². The predicted octanol–water partition coefficient (Wildman–Crippen LogP) is 1.88. The van der Waals surface area contributed by atoms with E-state index in [0.717, 1.165) is 6.42 Å². The highest BCUT2D eigenvalue weighted by molar-refractivity contribution is 5.17. The lowest BCUT2D eigenvalue weighted by Crippen LogP contribution is -2.45. The Morgan fingerprint density at radius 3 is 2.00 bits per heavy atom. The van der Waals surface area contributed by atoms with Crippen molar-refractivity contribution in [3.05, 3.63) is 0 Å². The van der Waals surface area contributed by atoms with Gasteiger partial charge in [0.05, 0.1) is 5.54 Å². The van der Waals surface area contributed by atoms with Crippen LogP contribution in [0.25, 0.3) is 0 Å². The number of hydrogen-bond donors (Lipinski definition) is 0. The maximum Gasteiger partial charge on any atom is 0.0797 e. The number of terminal acetylenes is 1. The van der Waals surface area contributed by atoms with Crippen LogP contribution in [0.5, 0.6) is 0 Å². The summed E-state index contributed by atoms with van der Waals surface area (Å²) in [5.41, 5.74) is 0.268. The summed E-state index contributed by atoms with van der Waals surface area (Å²) >= 11 is 0.